The zero-order valence-corrected chi connectivity index (χ0v) is 11.8. The average molecular weight is 276 g/mol. The first-order valence-corrected chi connectivity index (χ1v) is 6.97. The minimum absolute atomic E-state index is 0.0826. The number of fused-ring (bicyclic) bond motifs is 1. The topological polar surface area (TPSA) is 49.0 Å². The van der Waals surface area contributed by atoms with Gasteiger partial charge in [0.25, 0.3) is 0 Å². The van der Waals surface area contributed by atoms with Gasteiger partial charge in [0.05, 0.1) is 18.5 Å². The van der Waals surface area contributed by atoms with E-state index in [2.05, 4.69) is 24.4 Å². The number of hydrogen-bond donors (Lipinski definition) is 1. The molecule has 1 atom stereocenters. The number of rotatable bonds is 4. The molecule has 0 spiro atoms. The summed E-state index contributed by atoms with van der Waals surface area (Å²) >= 11 is 0. The van der Waals surface area contributed by atoms with Gasteiger partial charge in [-0.05, 0) is 36.8 Å². The molecule has 3 aromatic rings. The molecule has 0 bridgehead atoms. The highest BCUT2D eigenvalue weighted by atomic mass is 16.3. The van der Waals surface area contributed by atoms with Gasteiger partial charge in [-0.25, -0.2) is 0 Å². The number of furan rings is 1. The van der Waals surface area contributed by atoms with Crippen LogP contribution in [-0.2, 0) is 6.42 Å². The lowest BCUT2D eigenvalue weighted by atomic mass is 10.1. The Hall–Kier alpha value is -2.73. The van der Waals surface area contributed by atoms with Crippen molar-refractivity contribution in [2.75, 3.05) is 5.32 Å². The molecular weight excluding hydrogens is 260 g/mol. The molecule has 3 heteroatoms. The highest BCUT2D eigenvalue weighted by molar-refractivity contribution is 5.77. The molecule has 1 heterocycles. The van der Waals surface area contributed by atoms with Gasteiger partial charge >= 0.3 is 0 Å². The number of anilines is 1. The summed E-state index contributed by atoms with van der Waals surface area (Å²) in [5.74, 6) is 0.914. The molecule has 2 aromatic carbocycles. The summed E-state index contributed by atoms with van der Waals surface area (Å²) < 4.78 is 5.86. The Morgan fingerprint density at radius 3 is 2.62 bits per heavy atom. The Labute approximate surface area is 123 Å². The molecular formula is C18H16N2O. The van der Waals surface area contributed by atoms with E-state index in [9.17, 15) is 0 Å². The van der Waals surface area contributed by atoms with Crippen molar-refractivity contribution in [1.82, 2.24) is 0 Å². The number of nitriles is 1. The summed E-state index contributed by atoms with van der Waals surface area (Å²) in [6, 6.07) is 20.2. The van der Waals surface area contributed by atoms with Crippen LogP contribution in [0.5, 0.6) is 0 Å². The zero-order valence-electron chi connectivity index (χ0n) is 11.8. The van der Waals surface area contributed by atoms with Gasteiger partial charge in [-0.2, -0.15) is 5.26 Å². The van der Waals surface area contributed by atoms with E-state index in [4.69, 9.17) is 9.68 Å². The zero-order chi connectivity index (χ0) is 14.7. The van der Waals surface area contributed by atoms with E-state index in [1.165, 1.54) is 0 Å². The molecule has 1 N–H and O–H groups in total. The first-order chi connectivity index (χ1) is 10.3. The fourth-order valence-corrected chi connectivity index (χ4v) is 2.35. The van der Waals surface area contributed by atoms with Gasteiger partial charge < -0.3 is 9.73 Å². The van der Waals surface area contributed by atoms with E-state index < -0.39 is 0 Å². The van der Waals surface area contributed by atoms with Crippen LogP contribution in [0.1, 0.15) is 24.3 Å². The van der Waals surface area contributed by atoms with Crippen LogP contribution in [0.3, 0.4) is 0 Å². The van der Waals surface area contributed by atoms with Crippen molar-refractivity contribution >= 4 is 16.7 Å². The minimum Gasteiger partial charge on any atom is -0.459 e. The highest BCUT2D eigenvalue weighted by Gasteiger charge is 2.11. The van der Waals surface area contributed by atoms with Crippen LogP contribution >= 0.6 is 0 Å². The Kier molecular flexibility index (Phi) is 3.61. The smallest absolute Gasteiger partial charge is 0.134 e. The van der Waals surface area contributed by atoms with Crippen molar-refractivity contribution in [2.45, 2.75) is 19.4 Å². The molecule has 0 aliphatic carbocycles. The summed E-state index contributed by atoms with van der Waals surface area (Å²) in [5, 5.41) is 13.2. The van der Waals surface area contributed by atoms with Crippen molar-refractivity contribution in [2.24, 2.45) is 0 Å². The van der Waals surface area contributed by atoms with Crippen molar-refractivity contribution in [3.63, 3.8) is 0 Å². The van der Waals surface area contributed by atoms with Crippen LogP contribution < -0.4 is 5.32 Å². The molecule has 0 saturated carbocycles. The molecule has 1 aromatic heterocycles. The Morgan fingerprint density at radius 1 is 1.14 bits per heavy atom. The predicted octanol–water partition coefficient (Wildman–Crippen LogP) is 4.67. The van der Waals surface area contributed by atoms with Gasteiger partial charge in [0.15, 0.2) is 0 Å². The lowest BCUT2D eigenvalue weighted by Gasteiger charge is -2.13. The SMILES string of the molecule is CC(Nc1ccc(CC#N)cc1)c1cc2ccccc2o1. The molecule has 0 saturated heterocycles. The molecule has 3 rings (SSSR count). The molecule has 0 fully saturated rings. The summed E-state index contributed by atoms with van der Waals surface area (Å²) in [6.45, 7) is 2.07. The van der Waals surface area contributed by atoms with Crippen molar-refractivity contribution < 1.29 is 4.42 Å². The first kappa shape index (κ1) is 13.3. The lowest BCUT2D eigenvalue weighted by Crippen LogP contribution is -2.05. The normalized spacial score (nSPS) is 12.0. The minimum atomic E-state index is 0.0826. The number of nitrogens with zero attached hydrogens (tertiary/aromatic N) is 1. The van der Waals surface area contributed by atoms with E-state index in [1.54, 1.807) is 0 Å². The Balaban J connectivity index is 1.76. The average Bonchev–Trinajstić information content (AvgIpc) is 2.94. The number of nitrogens with one attached hydrogen (secondary N) is 1. The van der Waals surface area contributed by atoms with Crippen LogP contribution in [0, 0.1) is 11.3 Å². The number of benzene rings is 2. The molecule has 0 radical (unpaired) electrons. The molecule has 0 aliphatic heterocycles. The summed E-state index contributed by atoms with van der Waals surface area (Å²) in [5.41, 5.74) is 2.95. The van der Waals surface area contributed by atoms with Crippen LogP contribution in [0.25, 0.3) is 11.0 Å². The van der Waals surface area contributed by atoms with Crippen molar-refractivity contribution in [3.8, 4) is 6.07 Å². The number of para-hydroxylation sites is 1. The molecule has 21 heavy (non-hydrogen) atoms. The first-order valence-electron chi connectivity index (χ1n) is 6.97. The fraction of sp³-hybridized carbons (Fsp3) is 0.167. The standard InChI is InChI=1S/C18H16N2O/c1-13(18-12-15-4-2-3-5-17(15)21-18)20-16-8-6-14(7-9-16)10-11-19/h2-9,12-13,20H,10H2,1H3. The van der Waals surface area contributed by atoms with Gasteiger partial charge in [-0.1, -0.05) is 30.3 Å². The molecule has 0 aliphatic rings. The third kappa shape index (κ3) is 2.90. The lowest BCUT2D eigenvalue weighted by molar-refractivity contribution is 0.526. The molecule has 104 valence electrons. The van der Waals surface area contributed by atoms with Gasteiger partial charge in [0, 0.05) is 11.1 Å². The summed E-state index contributed by atoms with van der Waals surface area (Å²) in [6.07, 6.45) is 0.444. The van der Waals surface area contributed by atoms with E-state index in [0.717, 1.165) is 28.0 Å². The van der Waals surface area contributed by atoms with Crippen LogP contribution in [0.2, 0.25) is 0 Å². The molecule has 1 unspecified atom stereocenters. The second kappa shape index (κ2) is 5.72. The fourth-order valence-electron chi connectivity index (χ4n) is 2.35. The van der Waals surface area contributed by atoms with Gasteiger partial charge in [0.1, 0.15) is 11.3 Å². The summed E-state index contributed by atoms with van der Waals surface area (Å²) in [4.78, 5) is 0. The van der Waals surface area contributed by atoms with E-state index in [-0.39, 0.29) is 6.04 Å². The second-order valence-electron chi connectivity index (χ2n) is 5.08. The summed E-state index contributed by atoms with van der Waals surface area (Å²) in [7, 11) is 0. The predicted molar refractivity (Wildman–Crippen MR) is 84.0 cm³/mol. The number of hydrogen-bond acceptors (Lipinski definition) is 3. The van der Waals surface area contributed by atoms with E-state index >= 15 is 0 Å². The van der Waals surface area contributed by atoms with Crippen molar-refractivity contribution in [3.05, 3.63) is 65.9 Å². The third-order valence-electron chi connectivity index (χ3n) is 3.49. The van der Waals surface area contributed by atoms with Gasteiger partial charge in [-0.3, -0.25) is 0 Å². The van der Waals surface area contributed by atoms with Crippen molar-refractivity contribution in [1.29, 1.82) is 5.26 Å². The van der Waals surface area contributed by atoms with Gasteiger partial charge in [-0.15, -0.1) is 0 Å². The maximum Gasteiger partial charge on any atom is 0.134 e. The molecule has 3 nitrogen and oxygen atoms in total. The Morgan fingerprint density at radius 2 is 1.90 bits per heavy atom. The van der Waals surface area contributed by atoms with Crippen LogP contribution in [-0.4, -0.2) is 0 Å². The van der Waals surface area contributed by atoms with E-state index in [1.807, 2.05) is 48.5 Å². The maximum atomic E-state index is 8.67. The molecule has 0 amide bonds. The largest absolute Gasteiger partial charge is 0.459 e. The third-order valence-corrected chi connectivity index (χ3v) is 3.49. The Bertz CT molecular complexity index is 748. The maximum absolute atomic E-state index is 8.67. The highest BCUT2D eigenvalue weighted by Crippen LogP contribution is 2.26. The monoisotopic (exact) mass is 276 g/mol. The quantitative estimate of drug-likeness (QED) is 0.753. The van der Waals surface area contributed by atoms with Gasteiger partial charge in [0.2, 0.25) is 0 Å². The van der Waals surface area contributed by atoms with Crippen LogP contribution in [0.4, 0.5) is 5.69 Å². The van der Waals surface area contributed by atoms with Crippen LogP contribution in [0.15, 0.2) is 59.0 Å². The van der Waals surface area contributed by atoms with E-state index in [0.29, 0.717) is 6.42 Å². The second-order valence-corrected chi connectivity index (χ2v) is 5.08.